The number of ether oxygens (including phenoxy) is 1. The van der Waals surface area contributed by atoms with Gasteiger partial charge in [0, 0.05) is 0 Å². The van der Waals surface area contributed by atoms with Gasteiger partial charge in [-0.2, -0.15) is 0 Å². The van der Waals surface area contributed by atoms with Gasteiger partial charge in [0.05, 0.1) is 0 Å². The van der Waals surface area contributed by atoms with Crippen molar-refractivity contribution in [3.63, 3.8) is 0 Å². The van der Waals surface area contributed by atoms with Crippen LogP contribution in [0.4, 0.5) is 0 Å². The molecule has 0 saturated heterocycles. The Morgan fingerprint density at radius 1 is 0.955 bits per heavy atom. The smallest absolute Gasteiger partial charge is 0.119 e. The van der Waals surface area contributed by atoms with E-state index in [0.717, 1.165) is 18.6 Å². The standard InChI is InChI=1S/C21H32O/c1-5-6-7-9-18(2)10-8-11-19(3)16-17-22-21-14-12-20(4)13-15-21/h10,12-16H,5-9,11,17H2,1-4H3. The van der Waals surface area contributed by atoms with Crippen LogP contribution in [0.1, 0.15) is 64.9 Å². The third kappa shape index (κ3) is 8.71. The Morgan fingerprint density at radius 3 is 2.32 bits per heavy atom. The molecule has 0 aliphatic carbocycles. The molecule has 0 unspecified atom stereocenters. The van der Waals surface area contributed by atoms with Crippen LogP contribution < -0.4 is 4.74 Å². The number of hydrogen-bond acceptors (Lipinski definition) is 1. The van der Waals surface area contributed by atoms with E-state index in [2.05, 4.69) is 52.0 Å². The number of aryl methyl sites for hydroxylation is 1. The van der Waals surface area contributed by atoms with E-state index in [1.807, 2.05) is 12.1 Å². The molecular formula is C21H32O. The summed E-state index contributed by atoms with van der Waals surface area (Å²) in [5, 5.41) is 0. The highest BCUT2D eigenvalue weighted by atomic mass is 16.5. The molecule has 0 aliphatic heterocycles. The van der Waals surface area contributed by atoms with Crippen molar-refractivity contribution in [2.24, 2.45) is 0 Å². The van der Waals surface area contributed by atoms with Gasteiger partial charge in [0.2, 0.25) is 0 Å². The van der Waals surface area contributed by atoms with Gasteiger partial charge in [-0.05, 0) is 64.7 Å². The highest BCUT2D eigenvalue weighted by Gasteiger charge is 1.94. The number of benzene rings is 1. The van der Waals surface area contributed by atoms with E-state index < -0.39 is 0 Å². The Morgan fingerprint density at radius 2 is 1.64 bits per heavy atom. The normalized spacial score (nSPS) is 12.5. The van der Waals surface area contributed by atoms with Crippen LogP contribution in [0.2, 0.25) is 0 Å². The van der Waals surface area contributed by atoms with Crippen molar-refractivity contribution in [2.45, 2.75) is 66.2 Å². The lowest BCUT2D eigenvalue weighted by Crippen LogP contribution is -1.94. The van der Waals surface area contributed by atoms with Gasteiger partial charge in [0.25, 0.3) is 0 Å². The molecule has 0 atom stereocenters. The first-order valence-corrected chi connectivity index (χ1v) is 8.62. The summed E-state index contributed by atoms with van der Waals surface area (Å²) >= 11 is 0. The van der Waals surface area contributed by atoms with Crippen LogP contribution in [0.3, 0.4) is 0 Å². The van der Waals surface area contributed by atoms with Gasteiger partial charge < -0.3 is 4.74 Å². The Kier molecular flexibility index (Phi) is 9.37. The summed E-state index contributed by atoms with van der Waals surface area (Å²) in [5.74, 6) is 0.946. The number of unbranched alkanes of at least 4 members (excludes halogenated alkanes) is 2. The predicted molar refractivity (Wildman–Crippen MR) is 97.6 cm³/mol. The first-order chi connectivity index (χ1) is 10.6. The number of allylic oxidation sites excluding steroid dienone is 3. The van der Waals surface area contributed by atoms with E-state index in [1.165, 1.54) is 42.4 Å². The van der Waals surface area contributed by atoms with E-state index in [-0.39, 0.29) is 0 Å². The molecule has 0 N–H and O–H groups in total. The lowest BCUT2D eigenvalue weighted by Gasteiger charge is -2.05. The van der Waals surface area contributed by atoms with Crippen molar-refractivity contribution in [3.05, 3.63) is 53.1 Å². The summed E-state index contributed by atoms with van der Waals surface area (Å²) in [6.45, 7) is 9.46. The third-order valence-corrected chi connectivity index (χ3v) is 3.91. The maximum atomic E-state index is 5.73. The second kappa shape index (κ2) is 11.1. The summed E-state index contributed by atoms with van der Waals surface area (Å²) in [4.78, 5) is 0. The summed E-state index contributed by atoms with van der Waals surface area (Å²) in [7, 11) is 0. The molecule has 1 nitrogen and oxygen atoms in total. The molecule has 0 fully saturated rings. The summed E-state index contributed by atoms with van der Waals surface area (Å²) in [6, 6.07) is 8.22. The van der Waals surface area contributed by atoms with E-state index in [4.69, 9.17) is 4.74 Å². The number of rotatable bonds is 10. The molecule has 0 bridgehead atoms. The van der Waals surface area contributed by atoms with Gasteiger partial charge in [-0.15, -0.1) is 0 Å². The second-order valence-corrected chi connectivity index (χ2v) is 6.22. The first kappa shape index (κ1) is 18.5. The van der Waals surface area contributed by atoms with Gasteiger partial charge in [-0.1, -0.05) is 54.7 Å². The molecule has 1 aromatic rings. The van der Waals surface area contributed by atoms with E-state index in [0.29, 0.717) is 6.61 Å². The lowest BCUT2D eigenvalue weighted by atomic mass is 10.1. The molecule has 0 saturated carbocycles. The van der Waals surface area contributed by atoms with E-state index >= 15 is 0 Å². The van der Waals surface area contributed by atoms with Crippen LogP contribution in [-0.2, 0) is 0 Å². The van der Waals surface area contributed by atoms with Crippen LogP contribution in [0, 0.1) is 6.92 Å². The Labute approximate surface area is 137 Å². The fraction of sp³-hybridized carbons (Fsp3) is 0.524. The largest absolute Gasteiger partial charge is 0.490 e. The number of hydrogen-bond donors (Lipinski definition) is 0. The van der Waals surface area contributed by atoms with Gasteiger partial charge in [0.15, 0.2) is 0 Å². The summed E-state index contributed by atoms with van der Waals surface area (Å²) in [5.41, 5.74) is 4.21. The molecule has 0 spiro atoms. The highest BCUT2D eigenvalue weighted by Crippen LogP contribution is 2.13. The molecule has 1 rings (SSSR count). The minimum atomic E-state index is 0.661. The zero-order valence-electron chi connectivity index (χ0n) is 14.8. The highest BCUT2D eigenvalue weighted by molar-refractivity contribution is 5.26. The molecule has 0 aliphatic rings. The van der Waals surface area contributed by atoms with Crippen molar-refractivity contribution in [1.29, 1.82) is 0 Å². The zero-order valence-corrected chi connectivity index (χ0v) is 14.8. The predicted octanol–water partition coefficient (Wildman–Crippen LogP) is 6.63. The van der Waals surface area contributed by atoms with Crippen LogP contribution >= 0.6 is 0 Å². The molecule has 0 amide bonds. The monoisotopic (exact) mass is 300 g/mol. The minimum Gasteiger partial charge on any atom is -0.490 e. The SMILES string of the molecule is CCCCCC(C)=CCCC(C)=CCOc1ccc(C)cc1. The molecule has 1 aromatic carbocycles. The fourth-order valence-corrected chi connectivity index (χ4v) is 2.32. The molecule has 0 radical (unpaired) electrons. The van der Waals surface area contributed by atoms with Gasteiger partial charge >= 0.3 is 0 Å². The topological polar surface area (TPSA) is 9.23 Å². The van der Waals surface area contributed by atoms with Crippen molar-refractivity contribution in [3.8, 4) is 5.75 Å². The third-order valence-electron chi connectivity index (χ3n) is 3.91. The van der Waals surface area contributed by atoms with Gasteiger partial charge in [0.1, 0.15) is 12.4 Å². The average Bonchev–Trinajstić information content (AvgIpc) is 2.49. The van der Waals surface area contributed by atoms with Gasteiger partial charge in [-0.25, -0.2) is 0 Å². The Hall–Kier alpha value is -1.50. The van der Waals surface area contributed by atoms with Crippen molar-refractivity contribution in [2.75, 3.05) is 6.61 Å². The molecule has 22 heavy (non-hydrogen) atoms. The quantitative estimate of drug-likeness (QED) is 0.348. The maximum Gasteiger partial charge on any atom is 0.119 e. The van der Waals surface area contributed by atoms with Crippen molar-refractivity contribution >= 4 is 0 Å². The molecule has 0 heterocycles. The lowest BCUT2D eigenvalue weighted by molar-refractivity contribution is 0.361. The van der Waals surface area contributed by atoms with E-state index in [9.17, 15) is 0 Å². The van der Waals surface area contributed by atoms with Crippen LogP contribution in [0.5, 0.6) is 5.75 Å². The maximum absolute atomic E-state index is 5.73. The first-order valence-electron chi connectivity index (χ1n) is 8.62. The average molecular weight is 300 g/mol. The van der Waals surface area contributed by atoms with E-state index in [1.54, 1.807) is 0 Å². The van der Waals surface area contributed by atoms with Crippen molar-refractivity contribution < 1.29 is 4.74 Å². The Bertz CT molecular complexity index is 465. The Balaban J connectivity index is 2.22. The summed E-state index contributed by atoms with van der Waals surface area (Å²) < 4.78 is 5.73. The van der Waals surface area contributed by atoms with Crippen LogP contribution in [-0.4, -0.2) is 6.61 Å². The van der Waals surface area contributed by atoms with Crippen LogP contribution in [0.25, 0.3) is 0 Å². The van der Waals surface area contributed by atoms with Gasteiger partial charge in [-0.3, -0.25) is 0 Å². The molecular weight excluding hydrogens is 268 g/mol. The fourth-order valence-electron chi connectivity index (χ4n) is 2.32. The zero-order chi connectivity index (χ0) is 16.2. The summed E-state index contributed by atoms with van der Waals surface area (Å²) in [6.07, 6.45) is 12.1. The molecule has 1 heteroatoms. The minimum absolute atomic E-state index is 0.661. The second-order valence-electron chi connectivity index (χ2n) is 6.22. The van der Waals surface area contributed by atoms with Crippen LogP contribution in [0.15, 0.2) is 47.6 Å². The molecule has 0 aromatic heterocycles. The molecule has 122 valence electrons. The van der Waals surface area contributed by atoms with Crippen molar-refractivity contribution in [1.82, 2.24) is 0 Å².